The zero-order chi connectivity index (χ0) is 9.56. The Balaban J connectivity index is 0.000000561. The second-order valence-corrected chi connectivity index (χ2v) is 3.10. The van der Waals surface area contributed by atoms with Gasteiger partial charge in [0.2, 0.25) is 5.91 Å². The van der Waals surface area contributed by atoms with Crippen LogP contribution < -0.4 is 5.32 Å². The highest BCUT2D eigenvalue weighted by atomic mass is 16.1. The molecule has 0 radical (unpaired) electrons. The van der Waals surface area contributed by atoms with E-state index in [-0.39, 0.29) is 5.91 Å². The molecule has 2 atom stereocenters. The lowest BCUT2D eigenvalue weighted by Crippen LogP contribution is -2.30. The van der Waals surface area contributed by atoms with Crippen molar-refractivity contribution in [1.29, 1.82) is 0 Å². The number of carbonyl (C=O) groups excluding carboxylic acids is 1. The average molecular weight is 171 g/mol. The summed E-state index contributed by atoms with van der Waals surface area (Å²) in [6.07, 6.45) is 2.92. The van der Waals surface area contributed by atoms with Gasteiger partial charge in [0, 0.05) is 12.5 Å². The first-order valence-electron chi connectivity index (χ1n) is 5.03. The lowest BCUT2D eigenvalue weighted by molar-refractivity contribution is -0.119. The lowest BCUT2D eigenvalue weighted by Gasteiger charge is -2.16. The number of rotatable bonds is 2. The Kier molecular flexibility index (Phi) is 5.77. The number of hydrogen-bond acceptors (Lipinski definition) is 1. The fourth-order valence-corrected chi connectivity index (χ4v) is 1.35. The van der Waals surface area contributed by atoms with Crippen LogP contribution in [-0.4, -0.2) is 11.9 Å². The molecule has 2 nitrogen and oxygen atoms in total. The second-order valence-electron chi connectivity index (χ2n) is 3.10. The van der Waals surface area contributed by atoms with Crippen molar-refractivity contribution in [2.24, 2.45) is 5.92 Å². The van der Waals surface area contributed by atoms with Crippen LogP contribution in [0.15, 0.2) is 0 Å². The standard InChI is InChI=1S/C8H15NO.C2H6/c1-3-6(2)7-4-5-8(10)9-7;1-2/h6-7H,3-5H2,1-2H3,(H,9,10);1-2H3. The summed E-state index contributed by atoms with van der Waals surface area (Å²) < 4.78 is 0. The van der Waals surface area contributed by atoms with Gasteiger partial charge in [-0.15, -0.1) is 0 Å². The maximum Gasteiger partial charge on any atom is 0.220 e. The van der Waals surface area contributed by atoms with E-state index in [1.165, 1.54) is 0 Å². The molecule has 1 rings (SSSR count). The average Bonchev–Trinajstić information content (AvgIpc) is 2.54. The van der Waals surface area contributed by atoms with Crippen molar-refractivity contribution in [2.45, 2.75) is 53.0 Å². The van der Waals surface area contributed by atoms with E-state index in [1.807, 2.05) is 13.8 Å². The van der Waals surface area contributed by atoms with E-state index in [0.29, 0.717) is 12.0 Å². The zero-order valence-electron chi connectivity index (χ0n) is 8.68. The van der Waals surface area contributed by atoms with Crippen LogP contribution in [0.5, 0.6) is 0 Å². The monoisotopic (exact) mass is 171 g/mol. The smallest absolute Gasteiger partial charge is 0.220 e. The fourth-order valence-electron chi connectivity index (χ4n) is 1.35. The van der Waals surface area contributed by atoms with Gasteiger partial charge in [-0.25, -0.2) is 0 Å². The highest BCUT2D eigenvalue weighted by Crippen LogP contribution is 2.17. The predicted molar refractivity (Wildman–Crippen MR) is 52.0 cm³/mol. The highest BCUT2D eigenvalue weighted by molar-refractivity contribution is 5.78. The van der Waals surface area contributed by atoms with Crippen molar-refractivity contribution in [3.05, 3.63) is 0 Å². The van der Waals surface area contributed by atoms with E-state index >= 15 is 0 Å². The summed E-state index contributed by atoms with van der Waals surface area (Å²) >= 11 is 0. The second kappa shape index (κ2) is 6.04. The first-order valence-corrected chi connectivity index (χ1v) is 5.03. The molecule has 0 aliphatic carbocycles. The normalized spacial score (nSPS) is 24.0. The van der Waals surface area contributed by atoms with E-state index in [1.54, 1.807) is 0 Å². The molecule has 2 unspecified atom stereocenters. The number of carbonyl (C=O) groups is 1. The Morgan fingerprint density at radius 2 is 2.17 bits per heavy atom. The molecule has 1 aliphatic rings. The quantitative estimate of drug-likeness (QED) is 0.679. The first kappa shape index (κ1) is 11.5. The van der Waals surface area contributed by atoms with Crippen molar-refractivity contribution in [2.75, 3.05) is 0 Å². The molecule has 1 aliphatic heterocycles. The van der Waals surface area contributed by atoms with Gasteiger partial charge in [0.05, 0.1) is 0 Å². The van der Waals surface area contributed by atoms with Crippen molar-refractivity contribution in [1.82, 2.24) is 5.32 Å². The van der Waals surface area contributed by atoms with Crippen LogP contribution >= 0.6 is 0 Å². The molecule has 0 saturated carbocycles. The largest absolute Gasteiger partial charge is 0.353 e. The summed E-state index contributed by atoms with van der Waals surface area (Å²) in [5.74, 6) is 0.872. The first-order chi connectivity index (χ1) is 5.74. The maximum atomic E-state index is 10.8. The summed E-state index contributed by atoms with van der Waals surface area (Å²) in [7, 11) is 0. The van der Waals surface area contributed by atoms with E-state index < -0.39 is 0 Å². The summed E-state index contributed by atoms with van der Waals surface area (Å²) in [6.45, 7) is 8.35. The van der Waals surface area contributed by atoms with Crippen molar-refractivity contribution in [3.63, 3.8) is 0 Å². The molecule has 0 aromatic heterocycles. The molecule has 0 spiro atoms. The van der Waals surface area contributed by atoms with Gasteiger partial charge in [-0.05, 0) is 12.3 Å². The van der Waals surface area contributed by atoms with Crippen molar-refractivity contribution < 1.29 is 4.79 Å². The number of amides is 1. The third-order valence-electron chi connectivity index (χ3n) is 2.36. The molecule has 1 heterocycles. The van der Waals surface area contributed by atoms with Crippen LogP contribution in [-0.2, 0) is 4.79 Å². The van der Waals surface area contributed by atoms with Crippen LogP contribution in [0.2, 0.25) is 0 Å². The van der Waals surface area contributed by atoms with Crippen LogP contribution in [0.25, 0.3) is 0 Å². The highest BCUT2D eigenvalue weighted by Gasteiger charge is 2.24. The van der Waals surface area contributed by atoms with Gasteiger partial charge < -0.3 is 5.32 Å². The minimum atomic E-state index is 0.227. The van der Waals surface area contributed by atoms with Gasteiger partial charge in [-0.2, -0.15) is 0 Å². The van der Waals surface area contributed by atoms with Crippen LogP contribution in [0, 0.1) is 5.92 Å². The fraction of sp³-hybridized carbons (Fsp3) is 0.900. The summed E-state index contributed by atoms with van der Waals surface area (Å²) in [5.41, 5.74) is 0. The van der Waals surface area contributed by atoms with Gasteiger partial charge in [0.1, 0.15) is 0 Å². The molecule has 1 N–H and O–H groups in total. The number of nitrogens with one attached hydrogen (secondary N) is 1. The van der Waals surface area contributed by atoms with Gasteiger partial charge in [0.25, 0.3) is 0 Å². The minimum absolute atomic E-state index is 0.227. The third-order valence-corrected chi connectivity index (χ3v) is 2.36. The van der Waals surface area contributed by atoms with E-state index in [4.69, 9.17) is 0 Å². The molecule has 72 valence electrons. The molecule has 2 heteroatoms. The third kappa shape index (κ3) is 3.24. The molecular weight excluding hydrogens is 150 g/mol. The molecule has 1 fully saturated rings. The Hall–Kier alpha value is -0.530. The molecule has 1 saturated heterocycles. The maximum absolute atomic E-state index is 10.8. The van der Waals surface area contributed by atoms with Gasteiger partial charge >= 0.3 is 0 Å². The lowest BCUT2D eigenvalue weighted by atomic mass is 9.98. The Morgan fingerprint density at radius 3 is 2.50 bits per heavy atom. The summed E-state index contributed by atoms with van der Waals surface area (Å²) in [4.78, 5) is 10.8. The Morgan fingerprint density at radius 1 is 1.58 bits per heavy atom. The number of hydrogen-bond donors (Lipinski definition) is 1. The van der Waals surface area contributed by atoms with E-state index in [9.17, 15) is 4.79 Å². The van der Waals surface area contributed by atoms with Crippen molar-refractivity contribution in [3.8, 4) is 0 Å². The zero-order valence-corrected chi connectivity index (χ0v) is 8.68. The molecule has 1 amide bonds. The molecule has 0 bridgehead atoms. The van der Waals surface area contributed by atoms with Gasteiger partial charge in [-0.1, -0.05) is 34.1 Å². The SMILES string of the molecule is CC.CCC(C)C1CCC(=O)N1. The van der Waals surface area contributed by atoms with E-state index in [0.717, 1.165) is 19.3 Å². The van der Waals surface area contributed by atoms with E-state index in [2.05, 4.69) is 19.2 Å². The van der Waals surface area contributed by atoms with Crippen molar-refractivity contribution >= 4 is 5.91 Å². The molecular formula is C10H21NO. The summed E-state index contributed by atoms with van der Waals surface area (Å²) in [6, 6.07) is 0.456. The topological polar surface area (TPSA) is 29.1 Å². The summed E-state index contributed by atoms with van der Waals surface area (Å²) in [5, 5.41) is 2.97. The minimum Gasteiger partial charge on any atom is -0.353 e. The Bertz CT molecular complexity index is 134. The van der Waals surface area contributed by atoms with Gasteiger partial charge in [0.15, 0.2) is 0 Å². The van der Waals surface area contributed by atoms with Crippen LogP contribution in [0.3, 0.4) is 0 Å². The molecule has 12 heavy (non-hydrogen) atoms. The Labute approximate surface area is 75.7 Å². The molecule has 0 aromatic carbocycles. The van der Waals surface area contributed by atoms with Gasteiger partial charge in [-0.3, -0.25) is 4.79 Å². The predicted octanol–water partition coefficient (Wildman–Crippen LogP) is 2.34. The van der Waals surface area contributed by atoms with Crippen LogP contribution in [0.1, 0.15) is 47.0 Å². The molecule has 0 aromatic rings. The van der Waals surface area contributed by atoms with Crippen LogP contribution in [0.4, 0.5) is 0 Å².